The molecule has 1 aromatic heterocycles. The van der Waals surface area contributed by atoms with E-state index in [1.165, 1.54) is 0 Å². The van der Waals surface area contributed by atoms with Crippen LogP contribution in [0.2, 0.25) is 0 Å². The molecule has 2 atom stereocenters. The standard InChI is InChI=1S/C22H22N2O3/c25-22(26)19(18-9-10-23-14-18)12-15-5-4-8-17(11-15)21-13-20(24-27-21)16-6-2-1-3-7-16/h1-8,11,13,18-19,23H,9-10,12,14H2,(H,25,26)/t18-,19-/m0/s1. The summed E-state index contributed by atoms with van der Waals surface area (Å²) in [4.78, 5) is 11.7. The lowest BCUT2D eigenvalue weighted by atomic mass is 9.86. The minimum atomic E-state index is -0.722. The summed E-state index contributed by atoms with van der Waals surface area (Å²) >= 11 is 0. The number of aromatic nitrogens is 1. The van der Waals surface area contributed by atoms with Crippen LogP contribution in [0, 0.1) is 11.8 Å². The first kappa shape index (κ1) is 17.5. The maximum atomic E-state index is 11.7. The number of carboxylic acid groups (broad SMARTS) is 1. The second kappa shape index (κ2) is 7.76. The zero-order valence-corrected chi connectivity index (χ0v) is 15.0. The number of benzene rings is 2. The second-order valence-corrected chi connectivity index (χ2v) is 7.04. The Morgan fingerprint density at radius 3 is 2.70 bits per heavy atom. The number of hydrogen-bond acceptors (Lipinski definition) is 4. The van der Waals surface area contributed by atoms with Crippen molar-refractivity contribution in [2.24, 2.45) is 11.8 Å². The molecule has 1 aliphatic heterocycles. The molecule has 27 heavy (non-hydrogen) atoms. The Bertz CT molecular complexity index is 914. The van der Waals surface area contributed by atoms with Gasteiger partial charge in [0, 0.05) is 17.2 Å². The van der Waals surface area contributed by atoms with E-state index >= 15 is 0 Å². The van der Waals surface area contributed by atoms with Crippen molar-refractivity contribution >= 4 is 5.97 Å². The Kier molecular flexibility index (Phi) is 5.03. The highest BCUT2D eigenvalue weighted by Crippen LogP contribution is 2.28. The van der Waals surface area contributed by atoms with Crippen molar-refractivity contribution in [3.8, 4) is 22.6 Å². The maximum absolute atomic E-state index is 11.7. The van der Waals surface area contributed by atoms with E-state index in [4.69, 9.17) is 4.52 Å². The van der Waals surface area contributed by atoms with Gasteiger partial charge in [0.25, 0.3) is 0 Å². The zero-order valence-electron chi connectivity index (χ0n) is 15.0. The van der Waals surface area contributed by atoms with Crippen LogP contribution in [-0.2, 0) is 11.2 Å². The average Bonchev–Trinajstić information content (AvgIpc) is 3.39. The minimum absolute atomic E-state index is 0.182. The number of hydrogen-bond donors (Lipinski definition) is 2. The highest BCUT2D eigenvalue weighted by molar-refractivity contribution is 5.71. The molecule has 0 bridgehead atoms. The Morgan fingerprint density at radius 1 is 1.15 bits per heavy atom. The number of carboxylic acids is 1. The smallest absolute Gasteiger partial charge is 0.307 e. The van der Waals surface area contributed by atoms with Gasteiger partial charge < -0.3 is 14.9 Å². The normalized spacial score (nSPS) is 17.7. The van der Waals surface area contributed by atoms with Gasteiger partial charge in [-0.25, -0.2) is 0 Å². The molecular formula is C22H22N2O3. The molecule has 0 aliphatic carbocycles. The van der Waals surface area contributed by atoms with E-state index < -0.39 is 5.97 Å². The van der Waals surface area contributed by atoms with E-state index in [9.17, 15) is 9.90 Å². The van der Waals surface area contributed by atoms with E-state index in [0.29, 0.717) is 12.2 Å². The number of aliphatic carboxylic acids is 1. The summed E-state index contributed by atoms with van der Waals surface area (Å²) in [6, 6.07) is 19.7. The second-order valence-electron chi connectivity index (χ2n) is 7.04. The van der Waals surface area contributed by atoms with E-state index in [2.05, 4.69) is 10.5 Å². The predicted octanol–water partition coefficient (Wildman–Crippen LogP) is 3.86. The molecule has 3 aromatic rings. The lowest BCUT2D eigenvalue weighted by Crippen LogP contribution is -2.27. The van der Waals surface area contributed by atoms with Gasteiger partial charge in [0.2, 0.25) is 0 Å². The molecule has 0 unspecified atom stereocenters. The van der Waals surface area contributed by atoms with Gasteiger partial charge in [0.15, 0.2) is 5.76 Å². The fourth-order valence-corrected chi connectivity index (χ4v) is 3.74. The molecular weight excluding hydrogens is 340 g/mol. The molecule has 0 saturated carbocycles. The van der Waals surface area contributed by atoms with Gasteiger partial charge >= 0.3 is 5.97 Å². The summed E-state index contributed by atoms with van der Waals surface area (Å²) in [5, 5.41) is 17.1. The van der Waals surface area contributed by atoms with Crippen LogP contribution in [0.5, 0.6) is 0 Å². The van der Waals surface area contributed by atoms with Crippen molar-refractivity contribution in [3.63, 3.8) is 0 Å². The van der Waals surface area contributed by atoms with Crippen LogP contribution >= 0.6 is 0 Å². The molecule has 2 heterocycles. The summed E-state index contributed by atoms with van der Waals surface area (Å²) in [6.45, 7) is 1.67. The van der Waals surface area contributed by atoms with Crippen LogP contribution in [0.1, 0.15) is 12.0 Å². The van der Waals surface area contributed by atoms with Crippen LogP contribution in [-0.4, -0.2) is 29.3 Å². The first-order valence-corrected chi connectivity index (χ1v) is 9.25. The molecule has 2 N–H and O–H groups in total. The van der Waals surface area contributed by atoms with Crippen molar-refractivity contribution in [1.29, 1.82) is 0 Å². The molecule has 0 amide bonds. The van der Waals surface area contributed by atoms with Crippen molar-refractivity contribution < 1.29 is 14.4 Å². The van der Waals surface area contributed by atoms with Crippen LogP contribution in [0.4, 0.5) is 0 Å². The topological polar surface area (TPSA) is 75.4 Å². The maximum Gasteiger partial charge on any atom is 0.307 e. The summed E-state index contributed by atoms with van der Waals surface area (Å²) < 4.78 is 5.54. The number of nitrogens with zero attached hydrogens (tertiary/aromatic N) is 1. The molecule has 4 rings (SSSR count). The summed E-state index contributed by atoms with van der Waals surface area (Å²) in [5.41, 5.74) is 3.71. The number of rotatable bonds is 6. The van der Waals surface area contributed by atoms with Crippen molar-refractivity contribution in [2.75, 3.05) is 13.1 Å². The molecule has 1 aliphatic rings. The largest absolute Gasteiger partial charge is 0.481 e. The van der Waals surface area contributed by atoms with E-state index in [1.807, 2.05) is 60.7 Å². The minimum Gasteiger partial charge on any atom is -0.481 e. The highest BCUT2D eigenvalue weighted by atomic mass is 16.5. The summed E-state index contributed by atoms with van der Waals surface area (Å²) in [7, 11) is 0. The summed E-state index contributed by atoms with van der Waals surface area (Å²) in [5.74, 6) is -0.226. The van der Waals surface area contributed by atoms with Gasteiger partial charge in [-0.1, -0.05) is 53.7 Å². The zero-order chi connectivity index (χ0) is 18.6. The van der Waals surface area contributed by atoms with Gasteiger partial charge in [-0.2, -0.15) is 0 Å². The Hall–Kier alpha value is -2.92. The van der Waals surface area contributed by atoms with E-state index in [0.717, 1.165) is 41.9 Å². The molecule has 0 spiro atoms. The molecule has 1 saturated heterocycles. The van der Waals surface area contributed by atoms with Gasteiger partial charge in [0.1, 0.15) is 5.69 Å². The fraction of sp³-hybridized carbons (Fsp3) is 0.273. The Balaban J connectivity index is 1.56. The third-order valence-corrected chi connectivity index (χ3v) is 5.23. The Morgan fingerprint density at radius 2 is 1.96 bits per heavy atom. The first-order valence-electron chi connectivity index (χ1n) is 9.25. The fourth-order valence-electron chi connectivity index (χ4n) is 3.74. The monoisotopic (exact) mass is 362 g/mol. The third kappa shape index (κ3) is 3.93. The lowest BCUT2D eigenvalue weighted by Gasteiger charge is -2.18. The number of nitrogens with one attached hydrogen (secondary N) is 1. The van der Waals surface area contributed by atoms with Gasteiger partial charge in [-0.15, -0.1) is 0 Å². The highest BCUT2D eigenvalue weighted by Gasteiger charge is 2.30. The van der Waals surface area contributed by atoms with Crippen molar-refractivity contribution in [1.82, 2.24) is 10.5 Å². The Labute approximate surface area is 158 Å². The summed E-state index contributed by atoms with van der Waals surface area (Å²) in [6.07, 6.45) is 1.44. The van der Waals surface area contributed by atoms with Crippen LogP contribution < -0.4 is 5.32 Å². The lowest BCUT2D eigenvalue weighted by molar-refractivity contribution is -0.143. The van der Waals surface area contributed by atoms with Gasteiger partial charge in [-0.05, 0) is 43.5 Å². The number of carbonyl (C=O) groups is 1. The van der Waals surface area contributed by atoms with Gasteiger partial charge in [-0.3, -0.25) is 4.79 Å². The molecule has 0 radical (unpaired) electrons. The van der Waals surface area contributed by atoms with Crippen LogP contribution in [0.25, 0.3) is 22.6 Å². The SMILES string of the molecule is O=C(O)[C@@H](Cc1cccc(-c2cc(-c3ccccc3)no2)c1)[C@H]1CCNC1. The van der Waals surface area contributed by atoms with Crippen LogP contribution in [0.15, 0.2) is 65.2 Å². The van der Waals surface area contributed by atoms with E-state index in [1.54, 1.807) is 0 Å². The molecule has 1 fully saturated rings. The molecule has 5 nitrogen and oxygen atoms in total. The third-order valence-electron chi connectivity index (χ3n) is 5.23. The van der Waals surface area contributed by atoms with Crippen molar-refractivity contribution in [2.45, 2.75) is 12.8 Å². The van der Waals surface area contributed by atoms with E-state index in [-0.39, 0.29) is 11.8 Å². The average molecular weight is 362 g/mol. The van der Waals surface area contributed by atoms with Gasteiger partial charge in [0.05, 0.1) is 5.92 Å². The first-order chi connectivity index (χ1) is 13.2. The van der Waals surface area contributed by atoms with Crippen molar-refractivity contribution in [3.05, 3.63) is 66.2 Å². The molecule has 138 valence electrons. The molecule has 5 heteroatoms. The van der Waals surface area contributed by atoms with Crippen LogP contribution in [0.3, 0.4) is 0 Å². The quantitative estimate of drug-likeness (QED) is 0.696. The molecule has 2 aromatic carbocycles. The predicted molar refractivity (Wildman–Crippen MR) is 103 cm³/mol.